The second-order valence-corrected chi connectivity index (χ2v) is 8.90. The third kappa shape index (κ3) is 6.81. The summed E-state index contributed by atoms with van der Waals surface area (Å²) in [6, 6.07) is 9.83. The molecule has 0 atom stereocenters. The number of hydrogen-bond acceptors (Lipinski definition) is 3. The molecule has 2 rings (SSSR count). The SMILES string of the molecule is CCCN(CCC)C(=O)CCCC(=O)N1CCN(C(=O)C(C)(C)c2ccccc2)CC1. The zero-order valence-electron chi connectivity index (χ0n) is 19.7. The summed E-state index contributed by atoms with van der Waals surface area (Å²) in [5.41, 5.74) is 0.416. The number of carbonyl (C=O) groups is 3. The molecule has 1 aromatic carbocycles. The second-order valence-electron chi connectivity index (χ2n) is 8.90. The van der Waals surface area contributed by atoms with Crippen LogP contribution >= 0.6 is 0 Å². The fourth-order valence-electron chi connectivity index (χ4n) is 4.14. The van der Waals surface area contributed by atoms with Crippen molar-refractivity contribution in [1.82, 2.24) is 14.7 Å². The van der Waals surface area contributed by atoms with Gasteiger partial charge in [-0.15, -0.1) is 0 Å². The summed E-state index contributed by atoms with van der Waals surface area (Å²) in [5, 5.41) is 0. The van der Waals surface area contributed by atoms with Crippen molar-refractivity contribution in [2.75, 3.05) is 39.3 Å². The van der Waals surface area contributed by atoms with Gasteiger partial charge in [0, 0.05) is 52.1 Å². The maximum absolute atomic E-state index is 13.1. The van der Waals surface area contributed by atoms with Gasteiger partial charge in [0.2, 0.25) is 17.7 Å². The standard InChI is InChI=1S/C25H39N3O3/c1-5-15-26(16-6-2)22(29)13-10-14-23(30)27-17-19-28(20-18-27)24(31)25(3,4)21-11-8-7-9-12-21/h7-9,11-12H,5-6,10,13-20H2,1-4H3. The van der Waals surface area contributed by atoms with Gasteiger partial charge in [0.05, 0.1) is 5.41 Å². The molecule has 0 aromatic heterocycles. The van der Waals surface area contributed by atoms with Crippen LogP contribution in [0.3, 0.4) is 0 Å². The Labute approximate surface area is 187 Å². The highest BCUT2D eigenvalue weighted by atomic mass is 16.2. The van der Waals surface area contributed by atoms with E-state index in [0.29, 0.717) is 45.4 Å². The van der Waals surface area contributed by atoms with E-state index in [1.165, 1.54) is 0 Å². The fraction of sp³-hybridized carbons (Fsp3) is 0.640. The van der Waals surface area contributed by atoms with E-state index in [-0.39, 0.29) is 17.7 Å². The van der Waals surface area contributed by atoms with Crippen molar-refractivity contribution >= 4 is 17.7 Å². The number of hydrogen-bond donors (Lipinski definition) is 0. The van der Waals surface area contributed by atoms with Gasteiger partial charge in [-0.25, -0.2) is 0 Å². The molecule has 1 heterocycles. The summed E-state index contributed by atoms with van der Waals surface area (Å²) in [4.78, 5) is 43.7. The highest BCUT2D eigenvalue weighted by molar-refractivity contribution is 5.87. The molecule has 0 radical (unpaired) electrons. The van der Waals surface area contributed by atoms with Crippen molar-refractivity contribution in [1.29, 1.82) is 0 Å². The van der Waals surface area contributed by atoms with E-state index >= 15 is 0 Å². The first-order valence-electron chi connectivity index (χ1n) is 11.7. The van der Waals surface area contributed by atoms with E-state index in [1.54, 1.807) is 0 Å². The first kappa shape index (κ1) is 24.9. The zero-order valence-corrected chi connectivity index (χ0v) is 19.7. The van der Waals surface area contributed by atoms with Gasteiger partial charge in [-0.3, -0.25) is 14.4 Å². The maximum atomic E-state index is 13.1. The Kier molecular flexibility index (Phi) is 9.53. The van der Waals surface area contributed by atoms with Crippen molar-refractivity contribution in [2.45, 2.75) is 65.2 Å². The lowest BCUT2D eigenvalue weighted by Crippen LogP contribution is -2.54. The molecule has 3 amide bonds. The Balaban J connectivity index is 1.78. The Morgan fingerprint density at radius 2 is 1.42 bits per heavy atom. The molecule has 1 fully saturated rings. The average Bonchev–Trinajstić information content (AvgIpc) is 2.79. The second kappa shape index (κ2) is 11.9. The van der Waals surface area contributed by atoms with Crippen LogP contribution in [0.2, 0.25) is 0 Å². The third-order valence-corrected chi connectivity index (χ3v) is 6.07. The molecule has 0 saturated carbocycles. The van der Waals surface area contributed by atoms with Crippen LogP contribution in [0.15, 0.2) is 30.3 Å². The monoisotopic (exact) mass is 429 g/mol. The molecular weight excluding hydrogens is 390 g/mol. The maximum Gasteiger partial charge on any atom is 0.232 e. The quantitative estimate of drug-likeness (QED) is 0.572. The minimum atomic E-state index is -0.587. The van der Waals surface area contributed by atoms with Crippen molar-refractivity contribution in [3.8, 4) is 0 Å². The van der Waals surface area contributed by atoms with Gasteiger partial charge in [0.25, 0.3) is 0 Å². The van der Waals surface area contributed by atoms with Crippen LogP contribution in [0.5, 0.6) is 0 Å². The molecule has 1 aliphatic heterocycles. The minimum Gasteiger partial charge on any atom is -0.343 e. The first-order valence-corrected chi connectivity index (χ1v) is 11.7. The lowest BCUT2D eigenvalue weighted by molar-refractivity contribution is -0.142. The molecule has 1 saturated heterocycles. The normalized spacial score (nSPS) is 14.5. The van der Waals surface area contributed by atoms with Crippen molar-refractivity contribution in [3.05, 3.63) is 35.9 Å². The number of amides is 3. The van der Waals surface area contributed by atoms with E-state index in [2.05, 4.69) is 13.8 Å². The molecule has 0 spiro atoms. The molecule has 1 aromatic rings. The van der Waals surface area contributed by atoms with Gasteiger partial charge in [-0.2, -0.15) is 0 Å². The predicted molar refractivity (Wildman–Crippen MR) is 124 cm³/mol. The average molecular weight is 430 g/mol. The third-order valence-electron chi connectivity index (χ3n) is 6.07. The van der Waals surface area contributed by atoms with Crippen LogP contribution in [-0.2, 0) is 19.8 Å². The van der Waals surface area contributed by atoms with Gasteiger partial charge in [-0.1, -0.05) is 44.2 Å². The smallest absolute Gasteiger partial charge is 0.232 e. The summed E-state index contributed by atoms with van der Waals surface area (Å²) >= 11 is 0. The summed E-state index contributed by atoms with van der Waals surface area (Å²) in [7, 11) is 0. The lowest BCUT2D eigenvalue weighted by Gasteiger charge is -2.39. The predicted octanol–water partition coefficient (Wildman–Crippen LogP) is 3.45. The van der Waals surface area contributed by atoms with Crippen LogP contribution in [0.4, 0.5) is 0 Å². The molecular formula is C25H39N3O3. The van der Waals surface area contributed by atoms with Crippen molar-refractivity contribution in [3.63, 3.8) is 0 Å². The van der Waals surface area contributed by atoms with Gasteiger partial charge in [-0.05, 0) is 38.7 Å². The van der Waals surface area contributed by atoms with Crippen LogP contribution in [0.25, 0.3) is 0 Å². The highest BCUT2D eigenvalue weighted by Gasteiger charge is 2.35. The van der Waals surface area contributed by atoms with Crippen LogP contribution < -0.4 is 0 Å². The molecule has 0 aliphatic carbocycles. The van der Waals surface area contributed by atoms with Crippen LogP contribution in [-0.4, -0.2) is 71.7 Å². The number of nitrogens with zero attached hydrogens (tertiary/aromatic N) is 3. The lowest BCUT2D eigenvalue weighted by atomic mass is 9.83. The van der Waals surface area contributed by atoms with Crippen molar-refractivity contribution < 1.29 is 14.4 Å². The van der Waals surface area contributed by atoms with E-state index < -0.39 is 5.41 Å². The highest BCUT2D eigenvalue weighted by Crippen LogP contribution is 2.26. The molecule has 1 aliphatic rings. The van der Waals surface area contributed by atoms with Gasteiger partial charge in [0.1, 0.15) is 0 Å². The Morgan fingerprint density at radius 3 is 1.97 bits per heavy atom. The molecule has 0 N–H and O–H groups in total. The van der Waals surface area contributed by atoms with Crippen LogP contribution in [0, 0.1) is 0 Å². The van der Waals surface area contributed by atoms with Gasteiger partial charge < -0.3 is 14.7 Å². The summed E-state index contributed by atoms with van der Waals surface area (Å²) < 4.78 is 0. The summed E-state index contributed by atoms with van der Waals surface area (Å²) in [5.74, 6) is 0.332. The van der Waals surface area contributed by atoms with E-state index in [4.69, 9.17) is 0 Å². The zero-order chi connectivity index (χ0) is 22.9. The van der Waals surface area contributed by atoms with Crippen LogP contribution in [0.1, 0.15) is 65.4 Å². The molecule has 6 nitrogen and oxygen atoms in total. The van der Waals surface area contributed by atoms with E-state index in [9.17, 15) is 14.4 Å². The largest absolute Gasteiger partial charge is 0.343 e. The van der Waals surface area contributed by atoms with Gasteiger partial charge in [0.15, 0.2) is 0 Å². The number of rotatable bonds is 10. The summed E-state index contributed by atoms with van der Waals surface area (Å²) in [6.45, 7) is 11.9. The molecule has 0 bridgehead atoms. The Bertz CT molecular complexity index is 719. The van der Waals surface area contributed by atoms with Crippen molar-refractivity contribution in [2.24, 2.45) is 0 Å². The molecule has 172 valence electrons. The minimum absolute atomic E-state index is 0.0831. The number of benzene rings is 1. The number of piperazine rings is 1. The first-order chi connectivity index (χ1) is 14.8. The van der Waals surface area contributed by atoms with Gasteiger partial charge >= 0.3 is 0 Å². The molecule has 31 heavy (non-hydrogen) atoms. The van der Waals surface area contributed by atoms with E-state index in [0.717, 1.165) is 31.5 Å². The Hall–Kier alpha value is -2.37. The fourth-order valence-corrected chi connectivity index (χ4v) is 4.14. The number of carbonyl (C=O) groups excluding carboxylic acids is 3. The molecule has 0 unspecified atom stereocenters. The van der Waals surface area contributed by atoms with E-state index in [1.807, 2.05) is 58.9 Å². The molecule has 6 heteroatoms. The Morgan fingerprint density at radius 1 is 0.871 bits per heavy atom. The topological polar surface area (TPSA) is 60.9 Å². The summed E-state index contributed by atoms with van der Waals surface area (Å²) in [6.07, 6.45) is 3.31.